The average molecular weight is 378 g/mol. The summed E-state index contributed by atoms with van der Waals surface area (Å²) in [4.78, 5) is 27.4. The third kappa shape index (κ3) is 4.26. The van der Waals surface area contributed by atoms with Crippen LogP contribution in [0.1, 0.15) is 35.3 Å². The van der Waals surface area contributed by atoms with E-state index < -0.39 is 23.7 Å². The first-order chi connectivity index (χ1) is 12.3. The van der Waals surface area contributed by atoms with Crippen LogP contribution in [0.4, 0.5) is 21.0 Å². The number of hydrogen-bond donors (Lipinski definition) is 4. The largest absolute Gasteiger partial charge is 0.368 e. The number of nitrogens with one attached hydrogen (secondary N) is 2. The Balaban J connectivity index is 1.90. The van der Waals surface area contributed by atoms with Crippen molar-refractivity contribution in [3.63, 3.8) is 0 Å². The van der Waals surface area contributed by atoms with E-state index in [4.69, 9.17) is 11.5 Å². The molecule has 2 heterocycles. The second-order valence-electron chi connectivity index (χ2n) is 6.32. The smallest absolute Gasteiger partial charge is 0.252 e. The summed E-state index contributed by atoms with van der Waals surface area (Å²) in [6.45, 7) is 1.82. The predicted octanol–water partition coefficient (Wildman–Crippen LogP) is 1.89. The van der Waals surface area contributed by atoms with E-state index in [1.807, 2.05) is 6.92 Å². The number of nitrogens with zero attached hydrogens (tertiary/aromatic N) is 2. The molecule has 1 atom stereocenters. The third-order valence-corrected chi connectivity index (χ3v) is 4.83. The molecule has 1 aliphatic carbocycles. The number of halogens is 1. The fourth-order valence-electron chi connectivity index (χ4n) is 2.51. The zero-order valence-electron chi connectivity index (χ0n) is 14.1. The highest BCUT2D eigenvalue weighted by molar-refractivity contribution is 7.10. The molecule has 0 saturated heterocycles. The lowest BCUT2D eigenvalue weighted by Crippen LogP contribution is -2.36. The van der Waals surface area contributed by atoms with Crippen LogP contribution >= 0.6 is 11.5 Å². The van der Waals surface area contributed by atoms with Gasteiger partial charge in [-0.1, -0.05) is 12.8 Å². The van der Waals surface area contributed by atoms with E-state index in [-0.39, 0.29) is 17.2 Å². The van der Waals surface area contributed by atoms with E-state index >= 15 is 0 Å². The van der Waals surface area contributed by atoms with Crippen LogP contribution in [0.3, 0.4) is 0 Å². The number of primary amides is 2. The Morgan fingerprint density at radius 2 is 2.08 bits per heavy atom. The lowest BCUT2D eigenvalue weighted by Gasteiger charge is -2.18. The molecule has 3 rings (SSSR count). The number of rotatable bonds is 8. The molecule has 0 aromatic carbocycles. The second kappa shape index (κ2) is 7.24. The summed E-state index contributed by atoms with van der Waals surface area (Å²) >= 11 is 1.17. The normalized spacial score (nSPS) is 14.7. The van der Waals surface area contributed by atoms with Gasteiger partial charge in [-0.2, -0.15) is 4.37 Å². The van der Waals surface area contributed by atoms with E-state index in [0.29, 0.717) is 17.3 Å². The second-order valence-corrected chi connectivity index (χ2v) is 7.12. The highest BCUT2D eigenvalue weighted by Crippen LogP contribution is 2.34. The first-order valence-corrected chi connectivity index (χ1v) is 8.87. The van der Waals surface area contributed by atoms with Crippen LogP contribution in [-0.4, -0.2) is 27.2 Å². The van der Waals surface area contributed by atoms with Gasteiger partial charge in [-0.3, -0.25) is 9.59 Å². The molecule has 1 fully saturated rings. The molecule has 0 spiro atoms. The summed E-state index contributed by atoms with van der Waals surface area (Å²) < 4.78 is 18.5. The molecule has 6 N–H and O–H groups in total. The zero-order chi connectivity index (χ0) is 18.8. The summed E-state index contributed by atoms with van der Waals surface area (Å²) in [7, 11) is 0. The molecular weight excluding hydrogens is 359 g/mol. The van der Waals surface area contributed by atoms with E-state index in [1.54, 1.807) is 6.07 Å². The Labute approximate surface area is 153 Å². The van der Waals surface area contributed by atoms with Crippen molar-refractivity contribution < 1.29 is 14.0 Å². The van der Waals surface area contributed by atoms with Crippen LogP contribution in [0.15, 0.2) is 12.1 Å². The molecule has 2 aromatic heterocycles. The molecule has 1 saturated carbocycles. The van der Waals surface area contributed by atoms with Crippen molar-refractivity contribution in [1.29, 1.82) is 0 Å². The van der Waals surface area contributed by atoms with Gasteiger partial charge >= 0.3 is 0 Å². The molecule has 8 nitrogen and oxygen atoms in total. The standard InChI is InChI=1S/C16H19FN6O2S/c1-7-4-12(26-23-7)21-15-9(13(18)24)6-10(17)16(22-15)20-11(14(19)25)5-8-2-3-8/h4,6,8,11H,2-3,5H2,1H3,(H2,18,24)(H2,19,25)(H2,20,21,22). The summed E-state index contributed by atoms with van der Waals surface area (Å²) in [6, 6.07) is 2.01. The van der Waals surface area contributed by atoms with Gasteiger partial charge in [0.1, 0.15) is 16.9 Å². The summed E-state index contributed by atoms with van der Waals surface area (Å²) in [6.07, 6.45) is 2.57. The quantitative estimate of drug-likeness (QED) is 0.554. The SMILES string of the molecule is Cc1cc(Nc2nc(NC(CC3CC3)C(N)=O)c(F)cc2C(N)=O)sn1. The number of hydrogen-bond acceptors (Lipinski definition) is 7. The van der Waals surface area contributed by atoms with E-state index in [0.717, 1.165) is 24.6 Å². The van der Waals surface area contributed by atoms with Gasteiger partial charge in [-0.05, 0) is 42.9 Å². The molecule has 0 radical (unpaired) electrons. The van der Waals surface area contributed by atoms with Crippen molar-refractivity contribution in [2.45, 2.75) is 32.2 Å². The molecule has 26 heavy (non-hydrogen) atoms. The molecule has 1 unspecified atom stereocenters. The molecule has 0 aliphatic heterocycles. The van der Waals surface area contributed by atoms with Gasteiger partial charge in [0.05, 0.1) is 11.3 Å². The van der Waals surface area contributed by atoms with Crippen molar-refractivity contribution in [1.82, 2.24) is 9.36 Å². The number of carbonyl (C=O) groups excluding carboxylic acids is 2. The number of carbonyl (C=O) groups is 2. The Bertz CT molecular complexity index is 851. The van der Waals surface area contributed by atoms with E-state index in [9.17, 15) is 14.0 Å². The fourth-order valence-corrected chi connectivity index (χ4v) is 3.17. The number of amides is 2. The maximum Gasteiger partial charge on any atom is 0.252 e. The molecular formula is C16H19FN6O2S. The fraction of sp³-hybridized carbons (Fsp3) is 0.375. The minimum Gasteiger partial charge on any atom is -0.368 e. The minimum absolute atomic E-state index is 0.0830. The summed E-state index contributed by atoms with van der Waals surface area (Å²) in [5, 5.41) is 6.29. The molecule has 2 amide bonds. The molecule has 1 aliphatic rings. The number of anilines is 3. The van der Waals surface area contributed by atoms with Crippen LogP contribution in [0.2, 0.25) is 0 Å². The van der Waals surface area contributed by atoms with Crippen LogP contribution in [0.25, 0.3) is 0 Å². The topological polar surface area (TPSA) is 136 Å². The first-order valence-electron chi connectivity index (χ1n) is 8.10. The first kappa shape index (κ1) is 18.1. The van der Waals surface area contributed by atoms with Gasteiger partial charge in [0.15, 0.2) is 11.6 Å². The lowest BCUT2D eigenvalue weighted by atomic mass is 10.1. The van der Waals surface area contributed by atoms with E-state index in [2.05, 4.69) is 20.0 Å². The van der Waals surface area contributed by atoms with Crippen LogP contribution in [0.5, 0.6) is 0 Å². The molecule has 0 bridgehead atoms. The summed E-state index contributed by atoms with van der Waals surface area (Å²) in [5.41, 5.74) is 11.4. The lowest BCUT2D eigenvalue weighted by molar-refractivity contribution is -0.118. The van der Waals surface area contributed by atoms with Crippen molar-refractivity contribution >= 4 is 40.0 Å². The van der Waals surface area contributed by atoms with Gasteiger partial charge in [-0.15, -0.1) is 0 Å². The highest BCUT2D eigenvalue weighted by Gasteiger charge is 2.29. The third-order valence-electron chi connectivity index (χ3n) is 4.03. The van der Waals surface area contributed by atoms with Crippen LogP contribution < -0.4 is 22.1 Å². The van der Waals surface area contributed by atoms with Crippen molar-refractivity contribution in [2.75, 3.05) is 10.6 Å². The Morgan fingerprint density at radius 1 is 1.35 bits per heavy atom. The Morgan fingerprint density at radius 3 is 2.62 bits per heavy atom. The van der Waals surface area contributed by atoms with Crippen molar-refractivity contribution in [3.05, 3.63) is 29.2 Å². The molecule has 138 valence electrons. The zero-order valence-corrected chi connectivity index (χ0v) is 14.9. The average Bonchev–Trinajstić information content (AvgIpc) is 3.29. The van der Waals surface area contributed by atoms with Crippen molar-refractivity contribution in [2.24, 2.45) is 17.4 Å². The van der Waals surface area contributed by atoms with Gasteiger partial charge in [0.25, 0.3) is 5.91 Å². The van der Waals surface area contributed by atoms with Crippen molar-refractivity contribution in [3.8, 4) is 0 Å². The molecule has 2 aromatic rings. The predicted molar refractivity (Wildman–Crippen MR) is 96.8 cm³/mol. The molecule has 10 heteroatoms. The summed E-state index contributed by atoms with van der Waals surface area (Å²) in [5.74, 6) is -1.86. The highest BCUT2D eigenvalue weighted by atomic mass is 32.1. The monoisotopic (exact) mass is 378 g/mol. The maximum atomic E-state index is 14.4. The van der Waals surface area contributed by atoms with Gasteiger partial charge in [0.2, 0.25) is 5.91 Å². The van der Waals surface area contributed by atoms with E-state index in [1.165, 1.54) is 11.5 Å². The Kier molecular flexibility index (Phi) is 5.03. The van der Waals surface area contributed by atoms with Gasteiger partial charge < -0.3 is 22.1 Å². The number of pyridine rings is 1. The minimum atomic E-state index is -0.823. The Hall–Kier alpha value is -2.75. The van der Waals surface area contributed by atoms with Crippen LogP contribution in [0, 0.1) is 18.7 Å². The van der Waals surface area contributed by atoms with Gasteiger partial charge in [-0.25, -0.2) is 9.37 Å². The van der Waals surface area contributed by atoms with Crippen LogP contribution in [-0.2, 0) is 4.79 Å². The number of nitrogens with two attached hydrogens (primary N) is 2. The number of aryl methyl sites for hydroxylation is 1. The number of aromatic nitrogens is 2. The maximum absolute atomic E-state index is 14.4. The van der Waals surface area contributed by atoms with Gasteiger partial charge in [0, 0.05) is 0 Å².